The molecule has 113 heavy (non-hydrogen) atoms. The number of anilines is 6. The summed E-state index contributed by atoms with van der Waals surface area (Å²) in [6.45, 7) is 28.0. The first-order valence-electron chi connectivity index (χ1n) is 40.2. The van der Waals surface area contributed by atoms with Crippen molar-refractivity contribution in [1.82, 2.24) is 18.3 Å². The zero-order valence-corrected chi connectivity index (χ0v) is 66.4. The van der Waals surface area contributed by atoms with Gasteiger partial charge < -0.3 is 28.1 Å². The molecule has 0 fully saturated rings. The summed E-state index contributed by atoms with van der Waals surface area (Å²) >= 11 is 0. The van der Waals surface area contributed by atoms with Gasteiger partial charge in [-0.1, -0.05) is 308 Å². The Hall–Kier alpha value is -12.8. The molecule has 21 rings (SSSR count). The summed E-state index contributed by atoms with van der Waals surface area (Å²) in [6.07, 6.45) is 0. The summed E-state index contributed by atoms with van der Waals surface area (Å²) < 4.78 is 10.2. The predicted octanol–water partition coefficient (Wildman–Crippen LogP) is 26.7. The first kappa shape index (κ1) is 68.2. The van der Waals surface area contributed by atoms with Crippen molar-refractivity contribution in [2.45, 2.75) is 105 Å². The monoisotopic (exact) mass is 1460 g/mol. The van der Waals surface area contributed by atoms with E-state index in [0.717, 1.165) is 78.9 Å². The zero-order chi connectivity index (χ0) is 76.9. The zero-order valence-electron chi connectivity index (χ0n) is 66.4. The van der Waals surface area contributed by atoms with Crippen LogP contribution in [0.15, 0.2) is 322 Å². The lowest BCUT2D eigenvalue weighted by Crippen LogP contribution is -2.61. The van der Waals surface area contributed by atoms with Gasteiger partial charge in [-0.2, -0.15) is 0 Å². The topological polar surface area (TPSA) is 26.2 Å². The molecule has 19 aromatic rings. The predicted molar refractivity (Wildman–Crippen MR) is 483 cm³/mol. The van der Waals surface area contributed by atoms with Crippen molar-refractivity contribution in [3.63, 3.8) is 0 Å². The minimum absolute atomic E-state index is 0.116. The van der Waals surface area contributed by atoms with E-state index in [4.69, 9.17) is 0 Å². The summed E-state index contributed by atoms with van der Waals surface area (Å²) in [5, 5.41) is 9.74. The molecular formula is C106H89BN6. The van der Waals surface area contributed by atoms with Gasteiger partial charge in [-0.3, -0.25) is 0 Å². The molecular weight excluding hydrogens is 1370 g/mol. The molecule has 0 aliphatic carbocycles. The van der Waals surface area contributed by atoms with Crippen molar-refractivity contribution < 1.29 is 0 Å². The quantitative estimate of drug-likeness (QED) is 0.142. The van der Waals surface area contributed by atoms with Crippen molar-refractivity contribution >= 4 is 144 Å². The van der Waals surface area contributed by atoms with E-state index in [2.05, 4.69) is 433 Å². The third kappa shape index (κ3) is 10.5. The molecule has 0 radical (unpaired) electrons. The molecule has 0 N–H and O–H groups in total. The fourth-order valence-corrected chi connectivity index (χ4v) is 19.1. The highest BCUT2D eigenvalue weighted by molar-refractivity contribution is 7.00. The molecule has 0 unspecified atom stereocenters. The first-order chi connectivity index (χ1) is 54.6. The van der Waals surface area contributed by atoms with Crippen molar-refractivity contribution in [2.24, 2.45) is 0 Å². The maximum atomic E-state index is 2.66. The molecule has 7 heteroatoms. The van der Waals surface area contributed by atoms with E-state index in [9.17, 15) is 0 Å². The number of hydrogen-bond acceptors (Lipinski definition) is 2. The number of para-hydroxylation sites is 10. The van der Waals surface area contributed by atoms with Crippen LogP contribution in [0, 0.1) is 0 Å². The average molecular weight is 1460 g/mol. The van der Waals surface area contributed by atoms with Gasteiger partial charge in [0.1, 0.15) is 0 Å². The number of nitrogens with zero attached hydrogens (tertiary/aromatic N) is 6. The Bertz CT molecular complexity index is 6610. The molecule has 2 aliphatic heterocycles. The number of benzene rings is 15. The summed E-state index contributed by atoms with van der Waals surface area (Å²) in [5.41, 5.74) is 33.7. The van der Waals surface area contributed by atoms with E-state index >= 15 is 0 Å². The Labute approximate surface area is 661 Å². The smallest absolute Gasteiger partial charge is 0.252 e. The largest absolute Gasteiger partial charge is 0.311 e. The molecule has 0 saturated heterocycles. The van der Waals surface area contributed by atoms with E-state index in [0.29, 0.717) is 0 Å². The van der Waals surface area contributed by atoms with E-state index in [1.165, 1.54) is 126 Å². The number of rotatable bonds is 8. The highest BCUT2D eigenvalue weighted by Gasteiger charge is 2.45. The van der Waals surface area contributed by atoms with Crippen LogP contribution >= 0.6 is 0 Å². The van der Waals surface area contributed by atoms with Gasteiger partial charge in [0, 0.05) is 88.3 Å². The molecule has 0 spiro atoms. The number of aromatic nitrogens is 4. The normalized spacial score (nSPS) is 13.3. The SMILES string of the molecule is CC(C)(C)c1cc(-c2ccccc2N2c3cc(-n4c5ccccc5c5cccc(-n6c7ccccc7c7ccccc76)c54)ccc3B3c4ccc(-n5c6ccccc6c6cccc(-n7c8ccccc8c8ccccc87)c65)cc4N(c4ccccc4-c4cc(C(C)(C)C)cc(C(C)(C)C)c4)c4cccc2c43)cc(C(C)(C)C)c1. The summed E-state index contributed by atoms with van der Waals surface area (Å²) in [6, 6.07) is 123. The third-order valence-electron chi connectivity index (χ3n) is 24.7. The first-order valence-corrected chi connectivity index (χ1v) is 40.2. The van der Waals surface area contributed by atoms with Gasteiger partial charge in [0.2, 0.25) is 0 Å². The van der Waals surface area contributed by atoms with Crippen LogP contribution in [0.1, 0.15) is 105 Å². The number of fused-ring (bicyclic) bond motifs is 16. The second kappa shape index (κ2) is 24.8. The lowest BCUT2D eigenvalue weighted by Gasteiger charge is -2.45. The molecule has 6 heterocycles. The van der Waals surface area contributed by atoms with Crippen LogP contribution in [0.3, 0.4) is 0 Å². The maximum Gasteiger partial charge on any atom is 0.252 e. The second-order valence-electron chi connectivity index (χ2n) is 35.7. The van der Waals surface area contributed by atoms with Crippen molar-refractivity contribution in [1.29, 1.82) is 0 Å². The van der Waals surface area contributed by atoms with E-state index in [1.54, 1.807) is 0 Å². The van der Waals surface area contributed by atoms with E-state index in [-0.39, 0.29) is 28.4 Å². The minimum atomic E-state index is -0.229. The molecule has 6 nitrogen and oxygen atoms in total. The fraction of sp³-hybridized carbons (Fsp3) is 0.151. The van der Waals surface area contributed by atoms with Crippen LogP contribution in [0.5, 0.6) is 0 Å². The fourth-order valence-electron chi connectivity index (χ4n) is 19.1. The van der Waals surface area contributed by atoms with Gasteiger partial charge >= 0.3 is 0 Å². The second-order valence-corrected chi connectivity index (χ2v) is 35.7. The molecule has 2 aliphatic rings. The van der Waals surface area contributed by atoms with Crippen LogP contribution in [0.2, 0.25) is 0 Å². The standard InChI is InChI=1S/C106H89BN6/c1-103(2,3)68-58-66(59-69(62-68)104(4,5)6)74-32-13-21-42-86(74)112-94-50-31-51-95-100(94)107(84-56-54-72(64-98(84)112)108-88-44-23-19-38-80(88)82-40-29-52-96(101(82)108)110-90-46-25-15-34-76(90)77-35-16-26-47-91(77)110)85-57-55-73(65-99(85)113(95)87-43-22-14-33-75(87)67-60-70(105(7,8)9)63-71(61-67)106(10,11)12)109-89-45-24-20-39-81(89)83-41-30-53-97(102(83)109)111-92-48-27-17-36-78(92)79-37-18-28-49-93(79)111/h13-65H,1-12H3. The lowest BCUT2D eigenvalue weighted by molar-refractivity contribution is 0.568. The van der Waals surface area contributed by atoms with Crippen molar-refractivity contribution in [3.8, 4) is 45.0 Å². The Balaban J connectivity index is 0.873. The van der Waals surface area contributed by atoms with Crippen LogP contribution in [0.4, 0.5) is 34.1 Å². The van der Waals surface area contributed by atoms with Crippen LogP contribution in [0.25, 0.3) is 132 Å². The molecule has 4 aromatic heterocycles. The van der Waals surface area contributed by atoms with Gasteiger partial charge in [0.05, 0.1) is 66.9 Å². The molecule has 546 valence electrons. The lowest BCUT2D eigenvalue weighted by atomic mass is 9.33. The van der Waals surface area contributed by atoms with Crippen LogP contribution < -0.4 is 26.2 Å². The highest BCUT2D eigenvalue weighted by Crippen LogP contribution is 2.52. The van der Waals surface area contributed by atoms with Crippen molar-refractivity contribution in [2.75, 3.05) is 9.80 Å². The Morgan fingerprint density at radius 2 is 0.478 bits per heavy atom. The molecule has 15 aromatic carbocycles. The number of hydrogen-bond donors (Lipinski definition) is 0. The van der Waals surface area contributed by atoms with Gasteiger partial charge in [-0.05, 0) is 168 Å². The minimum Gasteiger partial charge on any atom is -0.311 e. The van der Waals surface area contributed by atoms with Crippen molar-refractivity contribution in [3.05, 3.63) is 344 Å². The Morgan fingerprint density at radius 3 is 0.814 bits per heavy atom. The maximum absolute atomic E-state index is 2.66. The van der Waals surface area contributed by atoms with Crippen LogP contribution in [-0.2, 0) is 21.7 Å². The Kier molecular flexibility index (Phi) is 15.0. The van der Waals surface area contributed by atoms with Gasteiger partial charge in [0.25, 0.3) is 6.71 Å². The van der Waals surface area contributed by atoms with E-state index < -0.39 is 0 Å². The molecule has 0 saturated carbocycles. The molecule has 0 atom stereocenters. The Morgan fingerprint density at radius 1 is 0.212 bits per heavy atom. The van der Waals surface area contributed by atoms with Gasteiger partial charge in [-0.15, -0.1) is 0 Å². The third-order valence-corrected chi connectivity index (χ3v) is 24.7. The average Bonchev–Trinajstić information content (AvgIpc) is 1.27. The molecule has 0 amide bonds. The molecule has 0 bridgehead atoms. The van der Waals surface area contributed by atoms with Gasteiger partial charge in [-0.25, -0.2) is 0 Å². The summed E-state index contributed by atoms with van der Waals surface area (Å²) in [4.78, 5) is 5.32. The summed E-state index contributed by atoms with van der Waals surface area (Å²) in [7, 11) is 0. The van der Waals surface area contributed by atoms with Crippen LogP contribution in [-0.4, -0.2) is 25.0 Å². The summed E-state index contributed by atoms with van der Waals surface area (Å²) in [5.74, 6) is 0. The van der Waals surface area contributed by atoms with Gasteiger partial charge in [0.15, 0.2) is 0 Å². The van der Waals surface area contributed by atoms with E-state index in [1.807, 2.05) is 0 Å². The highest BCUT2D eigenvalue weighted by atomic mass is 15.2.